The van der Waals surface area contributed by atoms with Gasteiger partial charge in [0.05, 0.1) is 0 Å². The van der Waals surface area contributed by atoms with E-state index < -0.39 is 0 Å². The van der Waals surface area contributed by atoms with Crippen molar-refractivity contribution in [1.82, 2.24) is 0 Å². The van der Waals surface area contributed by atoms with Gasteiger partial charge in [-0.15, -0.1) is 0 Å². The lowest BCUT2D eigenvalue weighted by Gasteiger charge is -2.15. The second-order valence-electron chi connectivity index (χ2n) is 5.32. The Hall–Kier alpha value is -2.87. The maximum atomic E-state index is 7.82. The van der Waals surface area contributed by atoms with Crippen molar-refractivity contribution in [2.75, 3.05) is 0 Å². The van der Waals surface area contributed by atoms with Gasteiger partial charge in [-0.2, -0.15) is 0 Å². The van der Waals surface area contributed by atoms with Crippen molar-refractivity contribution in [2.45, 2.75) is 6.92 Å². The molecule has 0 spiro atoms. The largest absolute Gasteiger partial charge is 0.384 e. The molecule has 0 fully saturated rings. The van der Waals surface area contributed by atoms with Crippen LogP contribution in [0.15, 0.2) is 72.8 Å². The van der Waals surface area contributed by atoms with E-state index in [0.717, 1.165) is 22.3 Å². The second kappa shape index (κ2) is 5.86. The first kappa shape index (κ1) is 14.1. The number of nitrogen functional groups attached to an aromatic ring is 1. The highest BCUT2D eigenvalue weighted by Crippen LogP contribution is 2.35. The van der Waals surface area contributed by atoms with Crippen LogP contribution in [0.1, 0.15) is 11.1 Å². The van der Waals surface area contributed by atoms with E-state index >= 15 is 0 Å². The molecule has 0 atom stereocenters. The summed E-state index contributed by atoms with van der Waals surface area (Å²) in [6.07, 6.45) is 0. The number of aryl methyl sites for hydroxylation is 1. The topological polar surface area (TPSA) is 49.9 Å². The monoisotopic (exact) mass is 286 g/mol. The van der Waals surface area contributed by atoms with E-state index in [-0.39, 0.29) is 5.84 Å². The average Bonchev–Trinajstić information content (AvgIpc) is 2.55. The molecule has 0 aliphatic rings. The molecule has 0 aliphatic carbocycles. The van der Waals surface area contributed by atoms with Crippen LogP contribution in [0.25, 0.3) is 22.3 Å². The normalized spacial score (nSPS) is 10.4. The minimum Gasteiger partial charge on any atom is -0.384 e. The third kappa shape index (κ3) is 2.51. The van der Waals surface area contributed by atoms with Gasteiger partial charge in [0.1, 0.15) is 5.84 Å². The van der Waals surface area contributed by atoms with Crippen LogP contribution in [-0.4, -0.2) is 5.84 Å². The predicted octanol–water partition coefficient (Wildman–Crippen LogP) is 4.61. The molecule has 2 nitrogen and oxygen atoms in total. The highest BCUT2D eigenvalue weighted by atomic mass is 14.7. The van der Waals surface area contributed by atoms with Crippen LogP contribution in [0.5, 0.6) is 0 Å². The van der Waals surface area contributed by atoms with Gasteiger partial charge in [-0.3, -0.25) is 5.41 Å². The Labute approximate surface area is 130 Å². The van der Waals surface area contributed by atoms with Gasteiger partial charge in [-0.25, -0.2) is 0 Å². The standard InChI is InChI=1S/C20H18N2/c1-14-8-2-3-9-15(14)16-10-4-5-11-17(16)18-12-6-7-13-19(18)20(21)22/h2-13H,1H3,(H3,21,22). The fourth-order valence-electron chi connectivity index (χ4n) is 2.78. The molecule has 22 heavy (non-hydrogen) atoms. The van der Waals surface area contributed by atoms with Crippen molar-refractivity contribution in [2.24, 2.45) is 5.73 Å². The summed E-state index contributed by atoms with van der Waals surface area (Å²) in [7, 11) is 0. The van der Waals surface area contributed by atoms with Crippen molar-refractivity contribution in [3.05, 3.63) is 83.9 Å². The van der Waals surface area contributed by atoms with Gasteiger partial charge in [0.2, 0.25) is 0 Å². The number of nitrogens with one attached hydrogen (secondary N) is 1. The van der Waals surface area contributed by atoms with E-state index in [0.29, 0.717) is 0 Å². The highest BCUT2D eigenvalue weighted by molar-refractivity contribution is 6.03. The molecular formula is C20H18N2. The molecule has 108 valence electrons. The second-order valence-corrected chi connectivity index (χ2v) is 5.32. The summed E-state index contributed by atoms with van der Waals surface area (Å²) in [6, 6.07) is 24.4. The van der Waals surface area contributed by atoms with Crippen molar-refractivity contribution in [1.29, 1.82) is 5.41 Å². The first-order valence-corrected chi connectivity index (χ1v) is 7.27. The first-order valence-electron chi connectivity index (χ1n) is 7.27. The SMILES string of the molecule is Cc1ccccc1-c1ccccc1-c1ccccc1C(=N)N. The van der Waals surface area contributed by atoms with E-state index in [1.54, 1.807) is 0 Å². The summed E-state index contributed by atoms with van der Waals surface area (Å²) in [5.74, 6) is 0.0928. The molecule has 2 heteroatoms. The fraction of sp³-hybridized carbons (Fsp3) is 0.0500. The molecule has 0 amide bonds. The van der Waals surface area contributed by atoms with Gasteiger partial charge in [0.25, 0.3) is 0 Å². The first-order chi connectivity index (χ1) is 10.7. The Bertz CT molecular complexity index is 834. The summed E-state index contributed by atoms with van der Waals surface area (Å²) in [6.45, 7) is 2.11. The molecule has 0 radical (unpaired) electrons. The van der Waals surface area contributed by atoms with Crippen LogP contribution in [0.2, 0.25) is 0 Å². The van der Waals surface area contributed by atoms with Crippen molar-refractivity contribution < 1.29 is 0 Å². The van der Waals surface area contributed by atoms with Crippen LogP contribution in [-0.2, 0) is 0 Å². The van der Waals surface area contributed by atoms with Gasteiger partial charge in [0, 0.05) is 5.56 Å². The van der Waals surface area contributed by atoms with Crippen LogP contribution in [0, 0.1) is 12.3 Å². The zero-order valence-electron chi connectivity index (χ0n) is 12.5. The smallest absolute Gasteiger partial charge is 0.123 e. The molecular weight excluding hydrogens is 268 g/mol. The fourth-order valence-corrected chi connectivity index (χ4v) is 2.78. The molecule has 3 N–H and O–H groups in total. The lowest BCUT2D eigenvalue weighted by molar-refractivity contribution is 1.42. The Balaban J connectivity index is 2.27. The van der Waals surface area contributed by atoms with Gasteiger partial charge >= 0.3 is 0 Å². The van der Waals surface area contributed by atoms with E-state index in [1.165, 1.54) is 11.1 Å². The Kier molecular flexibility index (Phi) is 3.75. The van der Waals surface area contributed by atoms with Crippen LogP contribution in [0.3, 0.4) is 0 Å². The molecule has 3 aromatic rings. The zero-order valence-corrected chi connectivity index (χ0v) is 12.5. The maximum absolute atomic E-state index is 7.82. The van der Waals surface area contributed by atoms with Crippen LogP contribution >= 0.6 is 0 Å². The minimum atomic E-state index is 0.0928. The minimum absolute atomic E-state index is 0.0928. The lowest BCUT2D eigenvalue weighted by Crippen LogP contribution is -2.12. The number of amidine groups is 1. The number of rotatable bonds is 3. The van der Waals surface area contributed by atoms with E-state index in [9.17, 15) is 0 Å². The zero-order chi connectivity index (χ0) is 15.5. The molecule has 0 aromatic heterocycles. The van der Waals surface area contributed by atoms with E-state index in [4.69, 9.17) is 11.1 Å². The molecule has 0 heterocycles. The van der Waals surface area contributed by atoms with Gasteiger partial charge < -0.3 is 5.73 Å². The van der Waals surface area contributed by atoms with Gasteiger partial charge in [0.15, 0.2) is 0 Å². The molecule has 0 aliphatic heterocycles. The average molecular weight is 286 g/mol. The summed E-state index contributed by atoms with van der Waals surface area (Å²) < 4.78 is 0. The predicted molar refractivity (Wildman–Crippen MR) is 93.1 cm³/mol. The summed E-state index contributed by atoms with van der Waals surface area (Å²) in [5, 5.41) is 7.82. The van der Waals surface area contributed by atoms with E-state index in [2.05, 4.69) is 37.3 Å². The third-order valence-electron chi connectivity index (χ3n) is 3.87. The molecule has 3 rings (SSSR count). The van der Waals surface area contributed by atoms with E-state index in [1.807, 2.05) is 42.5 Å². The van der Waals surface area contributed by atoms with Crippen LogP contribution in [0.4, 0.5) is 0 Å². The Morgan fingerprint density at radius 3 is 1.73 bits per heavy atom. The summed E-state index contributed by atoms with van der Waals surface area (Å²) in [4.78, 5) is 0. The number of hydrogen-bond acceptors (Lipinski definition) is 1. The molecule has 0 saturated heterocycles. The third-order valence-corrected chi connectivity index (χ3v) is 3.87. The van der Waals surface area contributed by atoms with Gasteiger partial charge in [-0.05, 0) is 34.7 Å². The van der Waals surface area contributed by atoms with Crippen molar-refractivity contribution in [3.63, 3.8) is 0 Å². The summed E-state index contributed by atoms with van der Waals surface area (Å²) >= 11 is 0. The quantitative estimate of drug-likeness (QED) is 0.536. The molecule has 0 bridgehead atoms. The highest BCUT2D eigenvalue weighted by Gasteiger charge is 2.12. The van der Waals surface area contributed by atoms with Crippen LogP contribution < -0.4 is 5.73 Å². The van der Waals surface area contributed by atoms with Crippen molar-refractivity contribution >= 4 is 5.84 Å². The Morgan fingerprint density at radius 2 is 1.14 bits per heavy atom. The molecule has 3 aromatic carbocycles. The molecule has 0 saturated carbocycles. The summed E-state index contributed by atoms with van der Waals surface area (Å²) in [5.41, 5.74) is 12.2. The van der Waals surface area contributed by atoms with Gasteiger partial charge in [-0.1, -0.05) is 72.8 Å². The van der Waals surface area contributed by atoms with Crippen molar-refractivity contribution in [3.8, 4) is 22.3 Å². The lowest BCUT2D eigenvalue weighted by atomic mass is 9.90. The molecule has 0 unspecified atom stereocenters. The Morgan fingerprint density at radius 1 is 0.682 bits per heavy atom. The maximum Gasteiger partial charge on any atom is 0.123 e. The number of hydrogen-bond donors (Lipinski definition) is 2. The number of nitrogens with two attached hydrogens (primary N) is 1. The number of benzene rings is 3.